The second-order valence-electron chi connectivity index (χ2n) is 5.86. The topological polar surface area (TPSA) is 79.5 Å². The molecule has 21 heavy (non-hydrogen) atoms. The number of anilines is 1. The van der Waals surface area contributed by atoms with Gasteiger partial charge in [-0.3, -0.25) is 9.59 Å². The van der Waals surface area contributed by atoms with Gasteiger partial charge in [0.2, 0.25) is 5.91 Å². The SMILES string of the molecule is CC(=O)N1CCCC2CN(C(=O)c3ccc(N)nc3)CC21. The fourth-order valence-electron chi connectivity index (χ4n) is 3.45. The van der Waals surface area contributed by atoms with Gasteiger partial charge < -0.3 is 15.5 Å². The summed E-state index contributed by atoms with van der Waals surface area (Å²) in [5.41, 5.74) is 6.10. The number of nitrogen functional groups attached to an aromatic ring is 1. The van der Waals surface area contributed by atoms with E-state index in [1.807, 2.05) is 9.80 Å². The van der Waals surface area contributed by atoms with Crippen molar-refractivity contribution in [2.45, 2.75) is 25.8 Å². The van der Waals surface area contributed by atoms with Crippen LogP contribution >= 0.6 is 0 Å². The Morgan fingerprint density at radius 1 is 1.33 bits per heavy atom. The average Bonchev–Trinajstić information content (AvgIpc) is 2.90. The van der Waals surface area contributed by atoms with Gasteiger partial charge in [-0.2, -0.15) is 0 Å². The Bertz CT molecular complexity index is 557. The standard InChI is InChI=1S/C15H20N4O2/c1-10(20)19-6-2-3-12-8-18(9-13(12)19)15(21)11-4-5-14(16)17-7-11/h4-5,7,12-13H,2-3,6,8-9H2,1H3,(H2,16,17). The van der Waals surface area contributed by atoms with Crippen LogP contribution < -0.4 is 5.73 Å². The molecule has 2 aliphatic heterocycles. The zero-order valence-corrected chi connectivity index (χ0v) is 12.2. The number of carbonyl (C=O) groups is 2. The van der Waals surface area contributed by atoms with Gasteiger partial charge in [0.05, 0.1) is 11.6 Å². The Labute approximate surface area is 123 Å². The largest absolute Gasteiger partial charge is 0.384 e. The molecule has 0 radical (unpaired) electrons. The lowest BCUT2D eigenvalue weighted by Gasteiger charge is -2.36. The van der Waals surface area contributed by atoms with Crippen LogP contribution in [0.2, 0.25) is 0 Å². The molecule has 0 aliphatic carbocycles. The van der Waals surface area contributed by atoms with Crippen LogP contribution in [0.3, 0.4) is 0 Å². The molecule has 0 saturated carbocycles. The third kappa shape index (κ3) is 2.57. The highest BCUT2D eigenvalue weighted by molar-refractivity contribution is 5.94. The van der Waals surface area contributed by atoms with Crippen LogP contribution in [-0.4, -0.2) is 52.3 Å². The maximum absolute atomic E-state index is 12.5. The first-order valence-electron chi connectivity index (χ1n) is 7.34. The predicted octanol–water partition coefficient (Wildman–Crippen LogP) is 0.747. The summed E-state index contributed by atoms with van der Waals surface area (Å²) in [7, 11) is 0. The van der Waals surface area contributed by atoms with Crippen LogP contribution in [-0.2, 0) is 4.79 Å². The van der Waals surface area contributed by atoms with E-state index in [-0.39, 0.29) is 17.9 Å². The third-order valence-electron chi connectivity index (χ3n) is 4.51. The maximum atomic E-state index is 12.5. The molecule has 2 atom stereocenters. The number of fused-ring (bicyclic) bond motifs is 1. The van der Waals surface area contributed by atoms with Crippen LogP contribution in [0.1, 0.15) is 30.1 Å². The smallest absolute Gasteiger partial charge is 0.255 e. The second-order valence-corrected chi connectivity index (χ2v) is 5.86. The van der Waals surface area contributed by atoms with Gasteiger partial charge in [0.1, 0.15) is 5.82 Å². The third-order valence-corrected chi connectivity index (χ3v) is 4.51. The summed E-state index contributed by atoms with van der Waals surface area (Å²) in [6.45, 7) is 3.75. The van der Waals surface area contributed by atoms with Gasteiger partial charge in [-0.15, -0.1) is 0 Å². The summed E-state index contributed by atoms with van der Waals surface area (Å²) in [5.74, 6) is 0.881. The van der Waals surface area contributed by atoms with Crippen LogP contribution in [0.15, 0.2) is 18.3 Å². The van der Waals surface area contributed by atoms with Crippen LogP contribution in [0.4, 0.5) is 5.82 Å². The predicted molar refractivity (Wildman–Crippen MR) is 78.5 cm³/mol. The number of nitrogens with two attached hydrogens (primary N) is 1. The van der Waals surface area contributed by atoms with E-state index in [1.54, 1.807) is 19.1 Å². The van der Waals surface area contributed by atoms with E-state index in [4.69, 9.17) is 5.73 Å². The van der Waals surface area contributed by atoms with Crippen molar-refractivity contribution in [1.82, 2.24) is 14.8 Å². The molecular formula is C15H20N4O2. The Kier molecular flexibility index (Phi) is 3.53. The second kappa shape index (κ2) is 5.35. The number of likely N-dealkylation sites (tertiary alicyclic amines) is 2. The minimum absolute atomic E-state index is 0.0274. The minimum atomic E-state index is -0.0274. The van der Waals surface area contributed by atoms with Gasteiger partial charge in [0.25, 0.3) is 5.91 Å². The van der Waals surface area contributed by atoms with Crippen molar-refractivity contribution in [1.29, 1.82) is 0 Å². The number of hydrogen-bond donors (Lipinski definition) is 1. The van der Waals surface area contributed by atoms with Gasteiger partial charge >= 0.3 is 0 Å². The van der Waals surface area contributed by atoms with Crippen LogP contribution in [0.5, 0.6) is 0 Å². The van der Waals surface area contributed by atoms with Crippen LogP contribution in [0.25, 0.3) is 0 Å². The van der Waals surface area contributed by atoms with Crippen LogP contribution in [0, 0.1) is 5.92 Å². The highest BCUT2D eigenvalue weighted by Crippen LogP contribution is 2.31. The van der Waals surface area contributed by atoms with E-state index in [1.165, 1.54) is 6.20 Å². The van der Waals surface area contributed by atoms with Crippen molar-refractivity contribution in [2.75, 3.05) is 25.4 Å². The van der Waals surface area contributed by atoms with Crippen molar-refractivity contribution in [3.8, 4) is 0 Å². The van der Waals surface area contributed by atoms with Crippen molar-refractivity contribution in [2.24, 2.45) is 5.92 Å². The van der Waals surface area contributed by atoms with Gasteiger partial charge in [-0.1, -0.05) is 0 Å². The molecule has 2 fully saturated rings. The highest BCUT2D eigenvalue weighted by Gasteiger charge is 2.41. The fraction of sp³-hybridized carbons (Fsp3) is 0.533. The number of pyridine rings is 1. The molecule has 6 nitrogen and oxygen atoms in total. The molecule has 0 bridgehead atoms. The Hall–Kier alpha value is -2.11. The van der Waals surface area contributed by atoms with Gasteiger partial charge in [-0.05, 0) is 30.9 Å². The van der Waals surface area contributed by atoms with Crippen molar-refractivity contribution in [3.05, 3.63) is 23.9 Å². The zero-order valence-electron chi connectivity index (χ0n) is 12.2. The molecule has 3 rings (SSSR count). The number of hydrogen-bond acceptors (Lipinski definition) is 4. The number of aromatic nitrogens is 1. The van der Waals surface area contributed by atoms with Gasteiger partial charge in [-0.25, -0.2) is 4.98 Å². The summed E-state index contributed by atoms with van der Waals surface area (Å²) < 4.78 is 0. The monoisotopic (exact) mass is 288 g/mol. The van der Waals surface area contributed by atoms with E-state index in [0.29, 0.717) is 23.8 Å². The molecule has 0 spiro atoms. The molecular weight excluding hydrogens is 268 g/mol. The lowest BCUT2D eigenvalue weighted by molar-refractivity contribution is -0.133. The minimum Gasteiger partial charge on any atom is -0.384 e. The number of piperidine rings is 1. The fourth-order valence-corrected chi connectivity index (χ4v) is 3.45. The lowest BCUT2D eigenvalue weighted by Crippen LogP contribution is -2.47. The first-order valence-corrected chi connectivity index (χ1v) is 7.34. The normalized spacial score (nSPS) is 24.8. The molecule has 1 aromatic heterocycles. The maximum Gasteiger partial charge on any atom is 0.255 e. The van der Waals surface area contributed by atoms with E-state index < -0.39 is 0 Å². The van der Waals surface area contributed by atoms with Crippen molar-refractivity contribution < 1.29 is 9.59 Å². The number of rotatable bonds is 1. The molecule has 6 heteroatoms. The Morgan fingerprint density at radius 3 is 2.81 bits per heavy atom. The quantitative estimate of drug-likeness (QED) is 0.827. The molecule has 112 valence electrons. The van der Waals surface area contributed by atoms with E-state index in [0.717, 1.165) is 25.9 Å². The molecule has 1 aromatic rings. The zero-order chi connectivity index (χ0) is 15.0. The number of amides is 2. The van der Waals surface area contributed by atoms with Gasteiger partial charge in [0.15, 0.2) is 0 Å². The van der Waals surface area contributed by atoms with Crippen molar-refractivity contribution >= 4 is 17.6 Å². The first-order chi connectivity index (χ1) is 10.1. The molecule has 2 N–H and O–H groups in total. The molecule has 2 saturated heterocycles. The molecule has 3 heterocycles. The first kappa shape index (κ1) is 13.9. The van der Waals surface area contributed by atoms with E-state index in [9.17, 15) is 9.59 Å². The summed E-state index contributed by atoms with van der Waals surface area (Å²) >= 11 is 0. The number of nitrogens with zero attached hydrogens (tertiary/aromatic N) is 3. The molecule has 2 aliphatic rings. The summed E-state index contributed by atoms with van der Waals surface area (Å²) in [6.07, 6.45) is 3.62. The number of carbonyl (C=O) groups excluding carboxylic acids is 2. The van der Waals surface area contributed by atoms with Gasteiger partial charge in [0, 0.05) is 32.8 Å². The molecule has 0 aromatic carbocycles. The Morgan fingerprint density at radius 2 is 2.14 bits per heavy atom. The average molecular weight is 288 g/mol. The van der Waals surface area contributed by atoms with E-state index >= 15 is 0 Å². The summed E-state index contributed by atoms with van der Waals surface area (Å²) in [4.78, 5) is 32.0. The molecule has 2 amide bonds. The van der Waals surface area contributed by atoms with E-state index in [2.05, 4.69) is 4.98 Å². The summed E-state index contributed by atoms with van der Waals surface area (Å²) in [5, 5.41) is 0. The Balaban J connectivity index is 1.75. The summed E-state index contributed by atoms with van der Waals surface area (Å²) in [6, 6.07) is 3.51. The highest BCUT2D eigenvalue weighted by atomic mass is 16.2. The van der Waals surface area contributed by atoms with Crippen molar-refractivity contribution in [3.63, 3.8) is 0 Å². The molecule has 2 unspecified atom stereocenters. The lowest BCUT2D eigenvalue weighted by atomic mass is 9.92.